The van der Waals surface area contributed by atoms with Gasteiger partial charge in [0.15, 0.2) is 0 Å². The Morgan fingerprint density at radius 2 is 1.14 bits per heavy atom. The van der Waals surface area contributed by atoms with Crippen molar-refractivity contribution in [3.63, 3.8) is 0 Å². The lowest BCUT2D eigenvalue weighted by molar-refractivity contribution is 0.510. The summed E-state index contributed by atoms with van der Waals surface area (Å²) in [6.45, 7) is 0. The molecule has 0 heterocycles. The lowest BCUT2D eigenvalue weighted by atomic mass is 10.0. The Morgan fingerprint density at radius 3 is 1.62 bits per heavy atom. The zero-order chi connectivity index (χ0) is 14.3. The standard InChI is InChI=1S/C20H25P/c1-4-10-18(11-5-1)16-21(20-14-8-3-9-15-20)17-19-12-6-2-7-13-19/h1-2,4-7,10-13,20H,3,8-9,14-17H2. The largest absolute Gasteiger partial charge is 0.0945 e. The maximum Gasteiger partial charge on any atom is -0.00676 e. The first-order chi connectivity index (χ1) is 10.4. The topological polar surface area (TPSA) is 0 Å². The number of hydrogen-bond acceptors (Lipinski definition) is 0. The molecule has 1 aliphatic carbocycles. The van der Waals surface area contributed by atoms with Gasteiger partial charge in [-0.15, -0.1) is 0 Å². The lowest BCUT2D eigenvalue weighted by Gasteiger charge is -2.31. The highest BCUT2D eigenvalue weighted by Crippen LogP contribution is 2.52. The minimum Gasteiger partial charge on any atom is -0.0945 e. The summed E-state index contributed by atoms with van der Waals surface area (Å²) >= 11 is 0. The molecule has 1 heteroatoms. The maximum atomic E-state index is 2.31. The van der Waals surface area contributed by atoms with Crippen LogP contribution < -0.4 is 0 Å². The van der Waals surface area contributed by atoms with Gasteiger partial charge in [-0.05, 0) is 42.0 Å². The number of benzene rings is 2. The molecule has 0 radical (unpaired) electrons. The summed E-state index contributed by atoms with van der Waals surface area (Å²) < 4.78 is 0. The SMILES string of the molecule is c1ccc(CP(Cc2ccccc2)C2CCCCC2)cc1. The van der Waals surface area contributed by atoms with Gasteiger partial charge in [0.1, 0.15) is 0 Å². The predicted octanol–water partition coefficient (Wildman–Crippen LogP) is 6.20. The molecule has 1 fully saturated rings. The van der Waals surface area contributed by atoms with Gasteiger partial charge in [-0.3, -0.25) is 0 Å². The van der Waals surface area contributed by atoms with Gasteiger partial charge < -0.3 is 0 Å². The van der Waals surface area contributed by atoms with E-state index in [1.54, 1.807) is 0 Å². The molecule has 0 saturated heterocycles. The van der Waals surface area contributed by atoms with Crippen LogP contribution in [0.5, 0.6) is 0 Å². The van der Waals surface area contributed by atoms with Crippen LogP contribution in [0.2, 0.25) is 0 Å². The molecule has 0 nitrogen and oxygen atoms in total. The van der Waals surface area contributed by atoms with Crippen LogP contribution in [0, 0.1) is 0 Å². The molecular weight excluding hydrogens is 271 g/mol. The molecule has 21 heavy (non-hydrogen) atoms. The minimum absolute atomic E-state index is 0.0686. The molecule has 0 aromatic heterocycles. The van der Waals surface area contributed by atoms with Crippen LogP contribution in [0.25, 0.3) is 0 Å². The average molecular weight is 296 g/mol. The number of rotatable bonds is 5. The number of hydrogen-bond donors (Lipinski definition) is 0. The van der Waals surface area contributed by atoms with E-state index in [0.717, 1.165) is 5.66 Å². The molecule has 3 rings (SSSR count). The van der Waals surface area contributed by atoms with Crippen LogP contribution in [0.3, 0.4) is 0 Å². The summed E-state index contributed by atoms with van der Waals surface area (Å²) in [5.74, 6) is 0. The molecule has 0 amide bonds. The summed E-state index contributed by atoms with van der Waals surface area (Å²) in [6.07, 6.45) is 9.89. The van der Waals surface area contributed by atoms with Crippen molar-refractivity contribution in [2.24, 2.45) is 0 Å². The Morgan fingerprint density at radius 1 is 0.667 bits per heavy atom. The third kappa shape index (κ3) is 4.42. The van der Waals surface area contributed by atoms with Gasteiger partial charge in [0.2, 0.25) is 0 Å². The first-order valence-corrected chi connectivity index (χ1v) is 10.0. The van der Waals surface area contributed by atoms with Gasteiger partial charge in [-0.25, -0.2) is 0 Å². The molecule has 2 aromatic rings. The van der Waals surface area contributed by atoms with E-state index in [4.69, 9.17) is 0 Å². The minimum atomic E-state index is 0.0686. The fraction of sp³-hybridized carbons (Fsp3) is 0.400. The van der Waals surface area contributed by atoms with Gasteiger partial charge in [0, 0.05) is 0 Å². The smallest absolute Gasteiger partial charge is 0.00676 e. The molecule has 1 saturated carbocycles. The summed E-state index contributed by atoms with van der Waals surface area (Å²) in [4.78, 5) is 0. The molecule has 0 unspecified atom stereocenters. The zero-order valence-corrected chi connectivity index (χ0v) is 13.6. The van der Waals surface area contributed by atoms with E-state index >= 15 is 0 Å². The summed E-state index contributed by atoms with van der Waals surface area (Å²) in [6, 6.07) is 22.2. The zero-order valence-electron chi connectivity index (χ0n) is 12.7. The molecule has 1 aliphatic rings. The molecule has 0 N–H and O–H groups in total. The fourth-order valence-electron chi connectivity index (χ4n) is 3.40. The maximum absolute atomic E-state index is 2.31. The van der Waals surface area contributed by atoms with Crippen molar-refractivity contribution in [1.82, 2.24) is 0 Å². The molecule has 0 spiro atoms. The molecule has 110 valence electrons. The van der Waals surface area contributed by atoms with Crippen molar-refractivity contribution in [2.45, 2.75) is 50.1 Å². The highest BCUT2D eigenvalue weighted by Gasteiger charge is 2.23. The van der Waals surface area contributed by atoms with E-state index in [-0.39, 0.29) is 7.92 Å². The third-order valence-corrected chi connectivity index (χ3v) is 7.64. The second-order valence-corrected chi connectivity index (χ2v) is 8.71. The Kier molecular flexibility index (Phi) is 5.46. The summed E-state index contributed by atoms with van der Waals surface area (Å²) in [5.41, 5.74) is 4.05. The monoisotopic (exact) mass is 296 g/mol. The van der Waals surface area contributed by atoms with Crippen LogP contribution in [0.4, 0.5) is 0 Å². The van der Waals surface area contributed by atoms with Gasteiger partial charge in [-0.2, -0.15) is 0 Å². The van der Waals surface area contributed by atoms with Gasteiger partial charge in [0.25, 0.3) is 0 Å². The molecule has 0 bridgehead atoms. The van der Waals surface area contributed by atoms with Crippen LogP contribution in [0.15, 0.2) is 60.7 Å². The molecule has 0 atom stereocenters. The van der Waals surface area contributed by atoms with E-state index in [0.29, 0.717) is 0 Å². The fourth-order valence-corrected chi connectivity index (χ4v) is 6.48. The average Bonchev–Trinajstić information content (AvgIpc) is 2.57. The van der Waals surface area contributed by atoms with E-state index in [1.165, 1.54) is 55.6 Å². The van der Waals surface area contributed by atoms with Gasteiger partial charge in [-0.1, -0.05) is 87.8 Å². The van der Waals surface area contributed by atoms with Gasteiger partial charge >= 0.3 is 0 Å². The first-order valence-electron chi connectivity index (χ1n) is 8.24. The summed E-state index contributed by atoms with van der Waals surface area (Å²) in [5, 5.41) is 0. The summed E-state index contributed by atoms with van der Waals surface area (Å²) in [7, 11) is 0.0686. The Bertz CT molecular complexity index is 473. The van der Waals surface area contributed by atoms with Crippen LogP contribution in [-0.4, -0.2) is 5.66 Å². The van der Waals surface area contributed by atoms with E-state index < -0.39 is 0 Å². The van der Waals surface area contributed by atoms with E-state index in [9.17, 15) is 0 Å². The van der Waals surface area contributed by atoms with Crippen molar-refractivity contribution >= 4 is 7.92 Å². The predicted molar refractivity (Wildman–Crippen MR) is 94.1 cm³/mol. The molecule has 2 aromatic carbocycles. The van der Waals surface area contributed by atoms with Crippen LogP contribution >= 0.6 is 7.92 Å². The third-order valence-electron chi connectivity index (χ3n) is 4.55. The highest BCUT2D eigenvalue weighted by atomic mass is 31.1. The Balaban J connectivity index is 1.73. The quantitative estimate of drug-likeness (QED) is 0.576. The van der Waals surface area contributed by atoms with Crippen LogP contribution in [0.1, 0.15) is 43.2 Å². The molecular formula is C20H25P. The van der Waals surface area contributed by atoms with Gasteiger partial charge in [0.05, 0.1) is 0 Å². The Labute approximate surface area is 130 Å². The lowest BCUT2D eigenvalue weighted by Crippen LogP contribution is -2.12. The van der Waals surface area contributed by atoms with Crippen molar-refractivity contribution in [1.29, 1.82) is 0 Å². The van der Waals surface area contributed by atoms with Crippen molar-refractivity contribution < 1.29 is 0 Å². The van der Waals surface area contributed by atoms with Crippen molar-refractivity contribution in [2.75, 3.05) is 0 Å². The van der Waals surface area contributed by atoms with E-state index in [1.807, 2.05) is 0 Å². The first kappa shape index (κ1) is 14.8. The second-order valence-electron chi connectivity index (χ2n) is 6.17. The Hall–Kier alpha value is -1.13. The molecule has 0 aliphatic heterocycles. The second kappa shape index (κ2) is 7.76. The highest BCUT2D eigenvalue weighted by molar-refractivity contribution is 7.56. The van der Waals surface area contributed by atoms with Crippen molar-refractivity contribution in [3.8, 4) is 0 Å². The normalized spacial score (nSPS) is 16.2. The van der Waals surface area contributed by atoms with Crippen LogP contribution in [-0.2, 0) is 12.3 Å². The van der Waals surface area contributed by atoms with Crippen molar-refractivity contribution in [3.05, 3.63) is 71.8 Å². The van der Waals surface area contributed by atoms with E-state index in [2.05, 4.69) is 60.7 Å².